The largest absolute Gasteiger partial charge is 0.346 e. The highest BCUT2D eigenvalue weighted by Crippen LogP contribution is 2.24. The first-order valence-corrected chi connectivity index (χ1v) is 7.40. The van der Waals surface area contributed by atoms with Gasteiger partial charge in [-0.05, 0) is 12.1 Å². The van der Waals surface area contributed by atoms with Crippen LogP contribution in [0.5, 0.6) is 0 Å². The quantitative estimate of drug-likeness (QED) is 0.750. The highest BCUT2D eigenvalue weighted by atomic mass is 35.5. The van der Waals surface area contributed by atoms with Gasteiger partial charge in [0.05, 0.1) is 19.1 Å². The molecule has 2 rings (SSSR count). The minimum Gasteiger partial charge on any atom is -0.346 e. The van der Waals surface area contributed by atoms with Crippen LogP contribution in [0.15, 0.2) is 24.4 Å². The summed E-state index contributed by atoms with van der Waals surface area (Å²) in [6.07, 6.45) is 1.75. The first-order valence-electron chi connectivity index (χ1n) is 7.40. The first kappa shape index (κ1) is 23.5. The zero-order valence-electron chi connectivity index (χ0n) is 13.7. The Labute approximate surface area is 157 Å². The van der Waals surface area contributed by atoms with Gasteiger partial charge in [0.1, 0.15) is 0 Å². The number of hydrogen-bond acceptors (Lipinski definition) is 4. The van der Waals surface area contributed by atoms with E-state index < -0.39 is 30.8 Å². The molecule has 0 aromatic carbocycles. The number of nitrogens with zero attached hydrogens (tertiary/aromatic N) is 2. The zero-order valence-corrected chi connectivity index (χ0v) is 15.3. The number of halogens is 4. The van der Waals surface area contributed by atoms with Gasteiger partial charge >= 0.3 is 0 Å². The Morgan fingerprint density at radius 2 is 2.12 bits per heavy atom. The van der Waals surface area contributed by atoms with Gasteiger partial charge in [0.25, 0.3) is 5.92 Å². The molecule has 0 bridgehead atoms. The van der Waals surface area contributed by atoms with Crippen LogP contribution in [0.4, 0.5) is 8.78 Å². The molecule has 2 heterocycles. The van der Waals surface area contributed by atoms with E-state index in [1.165, 1.54) is 4.90 Å². The molecule has 2 N–H and O–H groups in total. The van der Waals surface area contributed by atoms with Crippen molar-refractivity contribution in [2.45, 2.75) is 24.8 Å². The third kappa shape index (κ3) is 7.50. The minimum absolute atomic E-state index is 0. The molecule has 1 unspecified atom stereocenters. The second-order valence-electron chi connectivity index (χ2n) is 5.60. The van der Waals surface area contributed by atoms with Crippen molar-refractivity contribution >= 4 is 36.6 Å². The van der Waals surface area contributed by atoms with Crippen molar-refractivity contribution in [1.29, 1.82) is 0 Å². The maximum Gasteiger partial charge on any atom is 0.262 e. The van der Waals surface area contributed by atoms with Gasteiger partial charge < -0.3 is 10.2 Å². The molecule has 1 atom stereocenters. The summed E-state index contributed by atoms with van der Waals surface area (Å²) >= 11 is 0. The van der Waals surface area contributed by atoms with Gasteiger partial charge in [-0.1, -0.05) is 6.07 Å². The number of hydrogen-bond donors (Lipinski definition) is 2. The number of rotatable bonds is 6. The van der Waals surface area contributed by atoms with Crippen molar-refractivity contribution in [2.24, 2.45) is 0 Å². The standard InChI is InChI=1S/C15H20F2N4O2.2ClH/c1-21(7-5-11-4-2-3-6-18-11)13(22)9-19-14(23)12-8-15(16,17)10-20-12;;/h2-4,6,12,20H,5,7-10H2,1H3,(H,19,23);2*1H. The van der Waals surface area contributed by atoms with E-state index in [9.17, 15) is 18.4 Å². The van der Waals surface area contributed by atoms with Gasteiger partial charge in [-0.2, -0.15) is 0 Å². The fourth-order valence-electron chi connectivity index (χ4n) is 2.27. The molecule has 1 fully saturated rings. The van der Waals surface area contributed by atoms with Crippen LogP contribution in [0.3, 0.4) is 0 Å². The molecule has 0 spiro atoms. The second-order valence-corrected chi connectivity index (χ2v) is 5.60. The van der Waals surface area contributed by atoms with Gasteiger partial charge in [0, 0.05) is 38.3 Å². The summed E-state index contributed by atoms with van der Waals surface area (Å²) in [6.45, 7) is -0.254. The summed E-state index contributed by atoms with van der Waals surface area (Å²) in [5.41, 5.74) is 0.869. The van der Waals surface area contributed by atoms with Crippen molar-refractivity contribution in [2.75, 3.05) is 26.7 Å². The second kappa shape index (κ2) is 10.5. The molecule has 142 valence electrons. The average molecular weight is 399 g/mol. The van der Waals surface area contributed by atoms with Crippen molar-refractivity contribution in [3.05, 3.63) is 30.1 Å². The smallest absolute Gasteiger partial charge is 0.262 e. The number of aromatic nitrogens is 1. The van der Waals surface area contributed by atoms with Crippen LogP contribution in [0.25, 0.3) is 0 Å². The van der Waals surface area contributed by atoms with E-state index in [0.29, 0.717) is 13.0 Å². The first-order chi connectivity index (χ1) is 10.9. The van der Waals surface area contributed by atoms with Crippen LogP contribution in [-0.4, -0.2) is 60.3 Å². The SMILES string of the molecule is CN(CCc1ccccn1)C(=O)CNC(=O)C1CC(F)(F)CN1.Cl.Cl. The predicted molar refractivity (Wildman–Crippen MR) is 94.4 cm³/mol. The Morgan fingerprint density at radius 1 is 1.40 bits per heavy atom. The van der Waals surface area contributed by atoms with Gasteiger partial charge in [-0.15, -0.1) is 24.8 Å². The predicted octanol–water partition coefficient (Wildman–Crippen LogP) is 1.04. The fourth-order valence-corrected chi connectivity index (χ4v) is 2.27. The molecular weight excluding hydrogens is 377 g/mol. The van der Waals surface area contributed by atoms with Crippen LogP contribution in [0, 0.1) is 0 Å². The summed E-state index contributed by atoms with van der Waals surface area (Å²) in [5, 5.41) is 4.85. The third-order valence-electron chi connectivity index (χ3n) is 3.70. The highest BCUT2D eigenvalue weighted by molar-refractivity contribution is 5.87. The lowest BCUT2D eigenvalue weighted by molar-refractivity contribution is -0.132. The Balaban J connectivity index is 0.00000288. The molecule has 1 aromatic rings. The topological polar surface area (TPSA) is 74.3 Å². The van der Waals surface area contributed by atoms with E-state index in [4.69, 9.17) is 0 Å². The number of alkyl halides is 2. The van der Waals surface area contributed by atoms with E-state index in [0.717, 1.165) is 5.69 Å². The molecule has 1 aromatic heterocycles. The van der Waals surface area contributed by atoms with Crippen molar-refractivity contribution in [1.82, 2.24) is 20.5 Å². The number of carbonyl (C=O) groups is 2. The lowest BCUT2D eigenvalue weighted by Crippen LogP contribution is -2.45. The molecule has 0 radical (unpaired) electrons. The number of nitrogens with one attached hydrogen (secondary N) is 2. The molecule has 25 heavy (non-hydrogen) atoms. The van der Waals surface area contributed by atoms with Crippen LogP contribution in [-0.2, 0) is 16.0 Å². The van der Waals surface area contributed by atoms with Gasteiger partial charge in [-0.25, -0.2) is 8.78 Å². The van der Waals surface area contributed by atoms with Crippen molar-refractivity contribution in [3.63, 3.8) is 0 Å². The fraction of sp³-hybridized carbons (Fsp3) is 0.533. The molecule has 1 saturated heterocycles. The summed E-state index contributed by atoms with van der Waals surface area (Å²) in [6, 6.07) is 4.60. The maximum absolute atomic E-state index is 13.0. The Hall–Kier alpha value is -1.51. The van der Waals surface area contributed by atoms with E-state index in [2.05, 4.69) is 15.6 Å². The Bertz CT molecular complexity index is 564. The Morgan fingerprint density at radius 3 is 2.68 bits per heavy atom. The summed E-state index contributed by atoms with van der Waals surface area (Å²) < 4.78 is 26.0. The lowest BCUT2D eigenvalue weighted by Gasteiger charge is -2.18. The number of carbonyl (C=O) groups excluding carboxylic acids is 2. The van der Waals surface area contributed by atoms with Crippen LogP contribution >= 0.6 is 24.8 Å². The molecule has 0 saturated carbocycles. The van der Waals surface area contributed by atoms with Crippen LogP contribution in [0.2, 0.25) is 0 Å². The summed E-state index contributed by atoms with van der Waals surface area (Å²) in [7, 11) is 1.62. The number of likely N-dealkylation sites (N-methyl/N-ethyl adjacent to an activating group) is 1. The number of pyridine rings is 1. The summed E-state index contributed by atoms with van der Waals surface area (Å²) in [4.78, 5) is 29.3. The Kier molecular flexibility index (Phi) is 9.84. The monoisotopic (exact) mass is 398 g/mol. The van der Waals surface area contributed by atoms with E-state index >= 15 is 0 Å². The molecule has 10 heteroatoms. The normalized spacial score (nSPS) is 17.8. The van der Waals surface area contributed by atoms with Gasteiger partial charge in [0.15, 0.2) is 0 Å². The molecule has 2 amide bonds. The third-order valence-corrected chi connectivity index (χ3v) is 3.70. The van der Waals surface area contributed by atoms with Crippen molar-refractivity contribution in [3.8, 4) is 0 Å². The van der Waals surface area contributed by atoms with E-state index in [-0.39, 0.29) is 37.3 Å². The summed E-state index contributed by atoms with van der Waals surface area (Å²) in [5.74, 6) is -3.72. The lowest BCUT2D eigenvalue weighted by atomic mass is 10.2. The maximum atomic E-state index is 13.0. The number of amides is 2. The minimum atomic E-state index is -2.87. The molecule has 1 aliphatic heterocycles. The van der Waals surface area contributed by atoms with Crippen molar-refractivity contribution < 1.29 is 18.4 Å². The highest BCUT2D eigenvalue weighted by Gasteiger charge is 2.42. The van der Waals surface area contributed by atoms with E-state index in [1.807, 2.05) is 18.2 Å². The van der Waals surface area contributed by atoms with Crippen LogP contribution < -0.4 is 10.6 Å². The van der Waals surface area contributed by atoms with E-state index in [1.54, 1.807) is 13.2 Å². The van der Waals surface area contributed by atoms with Gasteiger partial charge in [-0.3, -0.25) is 19.9 Å². The zero-order chi connectivity index (χ0) is 16.9. The van der Waals surface area contributed by atoms with Crippen LogP contribution in [0.1, 0.15) is 12.1 Å². The van der Waals surface area contributed by atoms with Gasteiger partial charge in [0.2, 0.25) is 11.8 Å². The molecule has 1 aliphatic rings. The molecule has 0 aliphatic carbocycles. The molecular formula is C15H22Cl2F2N4O2. The average Bonchev–Trinajstić information content (AvgIpc) is 2.91. The molecule has 6 nitrogen and oxygen atoms in total.